The summed E-state index contributed by atoms with van der Waals surface area (Å²) in [7, 11) is 0. The highest BCUT2D eigenvalue weighted by molar-refractivity contribution is 5.95. The highest BCUT2D eigenvalue weighted by Gasteiger charge is 2.12. The molecule has 3 rings (SSSR count). The number of morpholine rings is 1. The molecule has 0 radical (unpaired) electrons. The van der Waals surface area contributed by atoms with Gasteiger partial charge in [0.2, 0.25) is 0 Å². The lowest BCUT2D eigenvalue weighted by Gasteiger charge is -2.26. The monoisotopic (exact) mass is 296 g/mol. The zero-order chi connectivity index (χ0) is 15.2. The standard InChI is InChI=1S/C18H20N2O2/c21-18(19-14-20-9-11-22-12-10-20)17-8-4-7-16(13-17)15-5-2-1-3-6-15/h1-8,13H,9-12,14H2,(H,19,21). The minimum absolute atomic E-state index is 0.0377. The van der Waals surface area contributed by atoms with E-state index < -0.39 is 0 Å². The number of amides is 1. The van der Waals surface area contributed by atoms with Crippen molar-refractivity contribution in [3.8, 4) is 11.1 Å². The van der Waals surface area contributed by atoms with Crippen molar-refractivity contribution in [3.05, 3.63) is 60.2 Å². The quantitative estimate of drug-likeness (QED) is 0.942. The van der Waals surface area contributed by atoms with Gasteiger partial charge in [0, 0.05) is 18.7 Å². The molecule has 0 aromatic heterocycles. The molecule has 2 aromatic rings. The second-order valence-corrected chi connectivity index (χ2v) is 5.34. The fourth-order valence-corrected chi connectivity index (χ4v) is 2.52. The third-order valence-corrected chi connectivity index (χ3v) is 3.80. The van der Waals surface area contributed by atoms with E-state index in [1.54, 1.807) is 0 Å². The summed E-state index contributed by atoms with van der Waals surface area (Å²) in [6, 6.07) is 17.8. The maximum absolute atomic E-state index is 12.3. The van der Waals surface area contributed by atoms with E-state index >= 15 is 0 Å². The largest absolute Gasteiger partial charge is 0.379 e. The van der Waals surface area contributed by atoms with Gasteiger partial charge in [0.15, 0.2) is 0 Å². The Kier molecular flexibility index (Phi) is 4.83. The molecule has 1 aliphatic heterocycles. The summed E-state index contributed by atoms with van der Waals surface area (Å²) >= 11 is 0. The molecule has 1 aliphatic rings. The summed E-state index contributed by atoms with van der Waals surface area (Å²) < 4.78 is 5.30. The van der Waals surface area contributed by atoms with Crippen molar-refractivity contribution in [1.29, 1.82) is 0 Å². The molecule has 0 bridgehead atoms. The lowest BCUT2D eigenvalue weighted by Crippen LogP contribution is -2.43. The number of rotatable bonds is 4. The zero-order valence-corrected chi connectivity index (χ0v) is 12.5. The molecule has 0 unspecified atom stereocenters. The van der Waals surface area contributed by atoms with E-state index in [1.807, 2.05) is 54.6 Å². The van der Waals surface area contributed by atoms with Crippen LogP contribution in [0, 0.1) is 0 Å². The molecule has 0 aliphatic carbocycles. The molecule has 0 saturated carbocycles. The van der Waals surface area contributed by atoms with Crippen molar-refractivity contribution in [2.45, 2.75) is 0 Å². The van der Waals surface area contributed by atoms with E-state index in [-0.39, 0.29) is 5.91 Å². The van der Waals surface area contributed by atoms with E-state index in [0.717, 1.165) is 37.4 Å². The Balaban J connectivity index is 1.65. The van der Waals surface area contributed by atoms with Gasteiger partial charge in [-0.2, -0.15) is 0 Å². The van der Waals surface area contributed by atoms with Gasteiger partial charge >= 0.3 is 0 Å². The summed E-state index contributed by atoms with van der Waals surface area (Å²) in [5.74, 6) is -0.0377. The predicted octanol–water partition coefficient (Wildman–Crippen LogP) is 2.37. The van der Waals surface area contributed by atoms with Gasteiger partial charge in [0.05, 0.1) is 19.9 Å². The van der Waals surface area contributed by atoms with E-state index in [0.29, 0.717) is 12.2 Å². The first-order chi connectivity index (χ1) is 10.8. The first-order valence-corrected chi connectivity index (χ1v) is 7.57. The van der Waals surface area contributed by atoms with E-state index in [1.165, 1.54) is 0 Å². The van der Waals surface area contributed by atoms with Crippen molar-refractivity contribution >= 4 is 5.91 Å². The molecule has 1 N–H and O–H groups in total. The first kappa shape index (κ1) is 14.8. The molecule has 4 nitrogen and oxygen atoms in total. The Morgan fingerprint density at radius 1 is 1.00 bits per heavy atom. The van der Waals surface area contributed by atoms with Gasteiger partial charge in [0.1, 0.15) is 0 Å². The maximum atomic E-state index is 12.3. The van der Waals surface area contributed by atoms with Gasteiger partial charge in [-0.25, -0.2) is 0 Å². The van der Waals surface area contributed by atoms with Crippen molar-refractivity contribution in [2.24, 2.45) is 0 Å². The topological polar surface area (TPSA) is 41.6 Å². The summed E-state index contributed by atoms with van der Waals surface area (Å²) in [6.07, 6.45) is 0. The van der Waals surface area contributed by atoms with Crippen LogP contribution in [-0.2, 0) is 4.74 Å². The summed E-state index contributed by atoms with van der Waals surface area (Å²) in [4.78, 5) is 14.5. The predicted molar refractivity (Wildman–Crippen MR) is 86.6 cm³/mol. The number of nitrogens with one attached hydrogen (secondary N) is 1. The molecule has 2 aromatic carbocycles. The average molecular weight is 296 g/mol. The van der Waals surface area contributed by atoms with Gasteiger partial charge in [-0.3, -0.25) is 9.69 Å². The maximum Gasteiger partial charge on any atom is 0.252 e. The molecule has 0 atom stereocenters. The third-order valence-electron chi connectivity index (χ3n) is 3.80. The summed E-state index contributed by atoms with van der Waals surface area (Å²) in [6.45, 7) is 3.77. The fourth-order valence-electron chi connectivity index (χ4n) is 2.52. The van der Waals surface area contributed by atoms with Crippen molar-refractivity contribution < 1.29 is 9.53 Å². The lowest BCUT2D eigenvalue weighted by molar-refractivity contribution is 0.0334. The fraction of sp³-hybridized carbons (Fsp3) is 0.278. The van der Waals surface area contributed by atoms with Crippen LogP contribution in [0.1, 0.15) is 10.4 Å². The Labute approximate surface area is 130 Å². The number of nitrogens with zero attached hydrogens (tertiary/aromatic N) is 1. The Morgan fingerprint density at radius 3 is 2.50 bits per heavy atom. The van der Waals surface area contributed by atoms with E-state index in [2.05, 4.69) is 10.2 Å². The van der Waals surface area contributed by atoms with Crippen LogP contribution in [0.5, 0.6) is 0 Å². The Bertz CT molecular complexity index is 622. The summed E-state index contributed by atoms with van der Waals surface area (Å²) in [5.41, 5.74) is 2.86. The molecule has 0 spiro atoms. The van der Waals surface area contributed by atoms with Crippen LogP contribution in [0.2, 0.25) is 0 Å². The van der Waals surface area contributed by atoms with Crippen LogP contribution in [0.25, 0.3) is 11.1 Å². The van der Waals surface area contributed by atoms with Crippen molar-refractivity contribution in [1.82, 2.24) is 10.2 Å². The number of carbonyl (C=O) groups is 1. The van der Waals surface area contributed by atoms with Gasteiger partial charge < -0.3 is 10.1 Å². The van der Waals surface area contributed by atoms with Gasteiger partial charge in [-0.05, 0) is 23.3 Å². The molecule has 1 heterocycles. The average Bonchev–Trinajstić information content (AvgIpc) is 2.61. The molecular formula is C18H20N2O2. The lowest BCUT2D eigenvalue weighted by atomic mass is 10.0. The van der Waals surface area contributed by atoms with Gasteiger partial charge in [-0.15, -0.1) is 0 Å². The zero-order valence-electron chi connectivity index (χ0n) is 12.5. The molecule has 1 saturated heterocycles. The number of ether oxygens (including phenoxy) is 1. The van der Waals surface area contributed by atoms with Crippen LogP contribution in [0.15, 0.2) is 54.6 Å². The first-order valence-electron chi connectivity index (χ1n) is 7.57. The van der Waals surface area contributed by atoms with Gasteiger partial charge in [0.25, 0.3) is 5.91 Å². The van der Waals surface area contributed by atoms with Crippen LogP contribution >= 0.6 is 0 Å². The molecular weight excluding hydrogens is 276 g/mol. The molecule has 114 valence electrons. The normalized spacial score (nSPS) is 15.5. The Hall–Kier alpha value is -2.17. The van der Waals surface area contributed by atoms with Crippen molar-refractivity contribution in [2.75, 3.05) is 33.0 Å². The number of hydrogen-bond donors (Lipinski definition) is 1. The summed E-state index contributed by atoms with van der Waals surface area (Å²) in [5, 5.41) is 2.98. The highest BCUT2D eigenvalue weighted by atomic mass is 16.5. The number of hydrogen-bond acceptors (Lipinski definition) is 3. The van der Waals surface area contributed by atoms with Crippen molar-refractivity contribution in [3.63, 3.8) is 0 Å². The molecule has 1 amide bonds. The molecule has 1 fully saturated rings. The second-order valence-electron chi connectivity index (χ2n) is 5.34. The SMILES string of the molecule is O=C(NCN1CCOCC1)c1cccc(-c2ccccc2)c1. The van der Waals surface area contributed by atoms with E-state index in [9.17, 15) is 4.79 Å². The number of carbonyl (C=O) groups excluding carboxylic acids is 1. The van der Waals surface area contributed by atoms with Crippen LogP contribution in [-0.4, -0.2) is 43.8 Å². The van der Waals surface area contributed by atoms with Gasteiger partial charge in [-0.1, -0.05) is 42.5 Å². The van der Waals surface area contributed by atoms with Crippen LogP contribution in [0.4, 0.5) is 0 Å². The van der Waals surface area contributed by atoms with Crippen LogP contribution < -0.4 is 5.32 Å². The minimum atomic E-state index is -0.0377. The highest BCUT2D eigenvalue weighted by Crippen LogP contribution is 2.19. The molecule has 22 heavy (non-hydrogen) atoms. The molecule has 4 heteroatoms. The minimum Gasteiger partial charge on any atom is -0.379 e. The van der Waals surface area contributed by atoms with E-state index in [4.69, 9.17) is 4.74 Å². The smallest absolute Gasteiger partial charge is 0.252 e. The third kappa shape index (κ3) is 3.72. The number of benzene rings is 2. The second kappa shape index (κ2) is 7.20. The van der Waals surface area contributed by atoms with Crippen LogP contribution in [0.3, 0.4) is 0 Å². The Morgan fingerprint density at radius 2 is 1.73 bits per heavy atom.